The Morgan fingerprint density at radius 3 is 2.44 bits per heavy atom. The fraction of sp³-hybridized carbons (Fsp3) is 0.500. The molecule has 98 valence electrons. The van der Waals surface area contributed by atoms with Crippen LogP contribution in [0.1, 0.15) is 20.3 Å². The van der Waals surface area contributed by atoms with Crippen LogP contribution in [0.3, 0.4) is 0 Å². The van der Waals surface area contributed by atoms with E-state index in [1.54, 1.807) is 0 Å². The van der Waals surface area contributed by atoms with Gasteiger partial charge in [0.2, 0.25) is 8.32 Å². The zero-order chi connectivity index (χ0) is 13.2. The molecule has 0 saturated heterocycles. The van der Waals surface area contributed by atoms with Crippen LogP contribution in [0.5, 0.6) is 0 Å². The first-order valence-electron chi connectivity index (χ1n) is 6.91. The maximum Gasteiger partial charge on any atom is 0.218 e. The number of rotatable bonds is 4. The van der Waals surface area contributed by atoms with E-state index in [9.17, 15) is 0 Å². The Morgan fingerprint density at radius 2 is 1.83 bits per heavy atom. The smallest absolute Gasteiger partial charge is 0.218 e. The predicted octanol–water partition coefficient (Wildman–Crippen LogP) is 3.72. The van der Waals surface area contributed by atoms with Gasteiger partial charge in [-0.25, -0.2) is 0 Å². The van der Waals surface area contributed by atoms with Crippen LogP contribution >= 0.6 is 0 Å². The highest BCUT2D eigenvalue weighted by Crippen LogP contribution is 2.30. The molecule has 0 aromatic heterocycles. The Hall–Kier alpha value is -0.863. The molecule has 0 bridgehead atoms. The van der Waals surface area contributed by atoms with Gasteiger partial charge in [-0.15, -0.1) is 0 Å². The lowest BCUT2D eigenvalue weighted by Crippen LogP contribution is -2.48. The van der Waals surface area contributed by atoms with E-state index in [1.165, 1.54) is 5.19 Å². The van der Waals surface area contributed by atoms with Crippen molar-refractivity contribution in [3.8, 4) is 0 Å². The van der Waals surface area contributed by atoms with Crippen molar-refractivity contribution >= 4 is 13.5 Å². The summed E-state index contributed by atoms with van der Waals surface area (Å²) in [4.78, 5) is 0. The Kier molecular flexibility index (Phi) is 4.08. The Morgan fingerprint density at radius 1 is 1.17 bits per heavy atom. The average molecular weight is 260 g/mol. The van der Waals surface area contributed by atoms with Gasteiger partial charge >= 0.3 is 0 Å². The maximum absolute atomic E-state index is 6.54. The quantitative estimate of drug-likeness (QED) is 0.592. The summed E-state index contributed by atoms with van der Waals surface area (Å²) >= 11 is 0. The van der Waals surface area contributed by atoms with Gasteiger partial charge in [0.05, 0.1) is 6.10 Å². The van der Waals surface area contributed by atoms with E-state index >= 15 is 0 Å². The minimum Gasteiger partial charge on any atom is -0.409 e. The first kappa shape index (κ1) is 13.6. The molecule has 0 fully saturated rings. The molecule has 1 aliphatic carbocycles. The zero-order valence-corrected chi connectivity index (χ0v) is 12.9. The van der Waals surface area contributed by atoms with Gasteiger partial charge in [0, 0.05) is 5.92 Å². The molecule has 1 nitrogen and oxygen atoms in total. The summed E-state index contributed by atoms with van der Waals surface area (Å²) in [7, 11) is -1.77. The van der Waals surface area contributed by atoms with Crippen molar-refractivity contribution in [2.75, 3.05) is 0 Å². The Labute approximate surface area is 112 Å². The summed E-state index contributed by atoms with van der Waals surface area (Å²) in [6.07, 6.45) is 6.08. The summed E-state index contributed by atoms with van der Waals surface area (Å²) in [5.74, 6) is 1.25. The summed E-state index contributed by atoms with van der Waals surface area (Å²) in [5, 5.41) is 1.39. The van der Waals surface area contributed by atoms with Crippen LogP contribution in [0.25, 0.3) is 0 Å². The van der Waals surface area contributed by atoms with Crippen molar-refractivity contribution in [3.05, 3.63) is 42.5 Å². The molecule has 0 N–H and O–H groups in total. The molecule has 2 heteroatoms. The fourth-order valence-electron chi connectivity index (χ4n) is 2.72. The lowest BCUT2D eigenvalue weighted by atomic mass is 9.93. The van der Waals surface area contributed by atoms with Gasteiger partial charge < -0.3 is 4.43 Å². The largest absolute Gasteiger partial charge is 0.409 e. The van der Waals surface area contributed by atoms with Gasteiger partial charge in [-0.3, -0.25) is 0 Å². The highest BCUT2D eigenvalue weighted by atomic mass is 28.4. The van der Waals surface area contributed by atoms with Gasteiger partial charge in [-0.2, -0.15) is 0 Å². The molecule has 1 aromatic carbocycles. The van der Waals surface area contributed by atoms with Crippen LogP contribution < -0.4 is 5.19 Å². The second kappa shape index (κ2) is 5.41. The third kappa shape index (κ3) is 2.93. The molecule has 0 spiro atoms. The minimum absolute atomic E-state index is 0.381. The van der Waals surface area contributed by atoms with Gasteiger partial charge in [-0.05, 0) is 30.6 Å². The molecule has 0 aliphatic heterocycles. The van der Waals surface area contributed by atoms with Gasteiger partial charge in [0.15, 0.2) is 0 Å². The molecule has 1 aromatic rings. The average Bonchev–Trinajstić information content (AvgIpc) is 2.78. The summed E-state index contributed by atoms with van der Waals surface area (Å²) < 4.78 is 6.54. The first-order valence-corrected chi connectivity index (χ1v) is 9.81. The number of hydrogen-bond acceptors (Lipinski definition) is 1. The molecule has 0 amide bonds. The third-order valence-corrected chi connectivity index (χ3v) is 6.46. The first-order chi connectivity index (χ1) is 8.50. The van der Waals surface area contributed by atoms with Crippen molar-refractivity contribution in [2.45, 2.75) is 39.5 Å². The highest BCUT2D eigenvalue weighted by Gasteiger charge is 2.34. The fourth-order valence-corrected chi connectivity index (χ4v) is 4.86. The van der Waals surface area contributed by atoms with E-state index in [4.69, 9.17) is 4.43 Å². The van der Waals surface area contributed by atoms with Gasteiger partial charge in [0.1, 0.15) is 0 Å². The van der Waals surface area contributed by atoms with Crippen LogP contribution in [0.2, 0.25) is 13.1 Å². The summed E-state index contributed by atoms with van der Waals surface area (Å²) in [6.45, 7) is 9.18. The molecule has 2 rings (SSSR count). The molecule has 0 unspecified atom stereocenters. The lowest BCUT2D eigenvalue weighted by molar-refractivity contribution is 0.140. The van der Waals surface area contributed by atoms with Gasteiger partial charge in [0.25, 0.3) is 0 Å². The predicted molar refractivity (Wildman–Crippen MR) is 80.5 cm³/mol. The van der Waals surface area contributed by atoms with E-state index in [-0.39, 0.29) is 0 Å². The molecule has 0 heterocycles. The van der Waals surface area contributed by atoms with Crippen LogP contribution in [-0.2, 0) is 4.43 Å². The van der Waals surface area contributed by atoms with E-state index in [0.717, 1.165) is 6.42 Å². The zero-order valence-electron chi connectivity index (χ0n) is 11.9. The SMILES string of the molecule is CC(C)[C@@H]1C=CC[C@H]1O[Si](C)(C)c1ccccc1. The van der Waals surface area contributed by atoms with Crippen LogP contribution in [0.15, 0.2) is 42.5 Å². The van der Waals surface area contributed by atoms with Crippen molar-refractivity contribution < 1.29 is 4.43 Å². The van der Waals surface area contributed by atoms with E-state index in [1.807, 2.05) is 0 Å². The Balaban J connectivity index is 2.09. The minimum atomic E-state index is -1.77. The third-order valence-electron chi connectivity index (χ3n) is 3.84. The topological polar surface area (TPSA) is 9.23 Å². The van der Waals surface area contributed by atoms with E-state index < -0.39 is 8.32 Å². The molecule has 0 radical (unpaired) electrons. The van der Waals surface area contributed by atoms with E-state index in [0.29, 0.717) is 17.9 Å². The highest BCUT2D eigenvalue weighted by molar-refractivity contribution is 6.84. The van der Waals surface area contributed by atoms with Crippen LogP contribution in [0, 0.1) is 11.8 Å². The molecule has 2 atom stereocenters. The molecule has 1 aliphatic rings. The second-order valence-electron chi connectivity index (χ2n) is 6.02. The molecular weight excluding hydrogens is 236 g/mol. The standard InChI is InChI=1S/C16H24OSi/c1-13(2)15-11-8-12-16(15)17-18(3,4)14-9-6-5-7-10-14/h5-11,13,15-16H,12H2,1-4H3/t15-,16+/m0/s1. The molecular formula is C16H24OSi. The monoisotopic (exact) mass is 260 g/mol. The van der Waals surface area contributed by atoms with Crippen molar-refractivity contribution in [1.29, 1.82) is 0 Å². The second-order valence-corrected chi connectivity index (χ2v) is 9.85. The molecule has 18 heavy (non-hydrogen) atoms. The van der Waals surface area contributed by atoms with Crippen LogP contribution in [0.4, 0.5) is 0 Å². The van der Waals surface area contributed by atoms with Crippen LogP contribution in [-0.4, -0.2) is 14.4 Å². The van der Waals surface area contributed by atoms with Crippen molar-refractivity contribution in [1.82, 2.24) is 0 Å². The summed E-state index contributed by atoms with van der Waals surface area (Å²) in [6, 6.07) is 10.7. The van der Waals surface area contributed by atoms with Crippen molar-refractivity contribution in [2.24, 2.45) is 11.8 Å². The van der Waals surface area contributed by atoms with E-state index in [2.05, 4.69) is 69.4 Å². The maximum atomic E-state index is 6.54. The number of hydrogen-bond donors (Lipinski definition) is 0. The lowest BCUT2D eigenvalue weighted by Gasteiger charge is -2.32. The summed E-state index contributed by atoms with van der Waals surface area (Å²) in [5.41, 5.74) is 0. The molecule has 0 saturated carbocycles. The Bertz CT molecular complexity index is 408. The number of benzene rings is 1. The van der Waals surface area contributed by atoms with Crippen molar-refractivity contribution in [3.63, 3.8) is 0 Å². The van der Waals surface area contributed by atoms with Gasteiger partial charge in [-0.1, -0.05) is 56.3 Å². The normalized spacial score (nSPS) is 23.8.